The van der Waals surface area contributed by atoms with E-state index in [0.29, 0.717) is 0 Å². The molecule has 0 aliphatic heterocycles. The van der Waals surface area contributed by atoms with Crippen molar-refractivity contribution in [2.45, 2.75) is 0 Å². The van der Waals surface area contributed by atoms with Crippen molar-refractivity contribution in [3.8, 4) is 0 Å². The van der Waals surface area contributed by atoms with Gasteiger partial charge in [-0.15, -0.1) is 0 Å². The normalized spacial score (nSPS) is 10.9. The van der Waals surface area contributed by atoms with E-state index in [0.717, 1.165) is 16.5 Å². The SMILES string of the molecule is NC(=O)C=Cc1ccc2cncnc2c1. The maximum Gasteiger partial charge on any atom is 0.241 e. The zero-order valence-corrected chi connectivity index (χ0v) is 7.92. The third-order valence-electron chi connectivity index (χ3n) is 1.97. The molecule has 0 radical (unpaired) electrons. The van der Waals surface area contributed by atoms with Gasteiger partial charge in [-0.1, -0.05) is 12.1 Å². The van der Waals surface area contributed by atoms with Gasteiger partial charge in [0.2, 0.25) is 5.91 Å². The minimum atomic E-state index is -0.460. The summed E-state index contributed by atoms with van der Waals surface area (Å²) < 4.78 is 0. The molecule has 0 aliphatic carbocycles. The number of hydrogen-bond donors (Lipinski definition) is 1. The molecule has 74 valence electrons. The monoisotopic (exact) mass is 199 g/mol. The largest absolute Gasteiger partial charge is 0.366 e. The molecule has 2 aromatic rings. The van der Waals surface area contributed by atoms with Gasteiger partial charge in [0.05, 0.1) is 5.52 Å². The first-order valence-corrected chi connectivity index (χ1v) is 4.43. The summed E-state index contributed by atoms with van der Waals surface area (Å²) in [4.78, 5) is 18.6. The Kier molecular flexibility index (Phi) is 2.41. The highest BCUT2D eigenvalue weighted by Gasteiger charge is 1.94. The van der Waals surface area contributed by atoms with Gasteiger partial charge in [-0.25, -0.2) is 9.97 Å². The average Bonchev–Trinajstić information content (AvgIpc) is 2.26. The predicted octanol–water partition coefficient (Wildman–Crippen LogP) is 1.13. The van der Waals surface area contributed by atoms with E-state index < -0.39 is 5.91 Å². The van der Waals surface area contributed by atoms with Crippen LogP contribution in [0.5, 0.6) is 0 Å². The van der Waals surface area contributed by atoms with Crippen LogP contribution in [0.2, 0.25) is 0 Å². The minimum absolute atomic E-state index is 0.460. The van der Waals surface area contributed by atoms with Crippen molar-refractivity contribution in [2.75, 3.05) is 0 Å². The Morgan fingerprint density at radius 3 is 3.07 bits per heavy atom. The summed E-state index contributed by atoms with van der Waals surface area (Å²) in [7, 11) is 0. The highest BCUT2D eigenvalue weighted by molar-refractivity contribution is 5.91. The van der Waals surface area contributed by atoms with Crippen molar-refractivity contribution in [1.29, 1.82) is 0 Å². The first-order chi connectivity index (χ1) is 7.25. The number of fused-ring (bicyclic) bond motifs is 1. The van der Waals surface area contributed by atoms with Crippen molar-refractivity contribution in [2.24, 2.45) is 5.73 Å². The number of hydrogen-bond acceptors (Lipinski definition) is 3. The number of carbonyl (C=O) groups excluding carboxylic acids is 1. The Labute approximate surface area is 86.5 Å². The van der Waals surface area contributed by atoms with Gasteiger partial charge in [0.1, 0.15) is 6.33 Å². The molecule has 0 atom stereocenters. The molecule has 1 aromatic carbocycles. The number of benzene rings is 1. The molecule has 2 rings (SSSR count). The van der Waals surface area contributed by atoms with Crippen LogP contribution in [0, 0.1) is 0 Å². The second-order valence-electron chi connectivity index (χ2n) is 3.08. The van der Waals surface area contributed by atoms with Gasteiger partial charge in [0.15, 0.2) is 0 Å². The summed E-state index contributed by atoms with van der Waals surface area (Å²) in [5, 5.41) is 0.966. The van der Waals surface area contributed by atoms with Crippen LogP contribution in [0.4, 0.5) is 0 Å². The number of nitrogens with zero attached hydrogens (tertiary/aromatic N) is 2. The molecule has 4 nitrogen and oxygen atoms in total. The van der Waals surface area contributed by atoms with Gasteiger partial charge in [0.25, 0.3) is 0 Å². The summed E-state index contributed by atoms with van der Waals surface area (Å²) in [6.45, 7) is 0. The number of carbonyl (C=O) groups is 1. The molecule has 4 heteroatoms. The Balaban J connectivity index is 2.43. The Bertz CT molecular complexity index is 534. The molecule has 2 N–H and O–H groups in total. The molecule has 1 amide bonds. The quantitative estimate of drug-likeness (QED) is 0.737. The van der Waals surface area contributed by atoms with E-state index in [-0.39, 0.29) is 0 Å². The van der Waals surface area contributed by atoms with Crippen molar-refractivity contribution in [3.05, 3.63) is 42.4 Å². The predicted molar refractivity (Wildman–Crippen MR) is 57.8 cm³/mol. The summed E-state index contributed by atoms with van der Waals surface area (Å²) in [5.41, 5.74) is 6.73. The van der Waals surface area contributed by atoms with Gasteiger partial charge in [0, 0.05) is 17.7 Å². The number of nitrogens with two attached hydrogens (primary N) is 1. The van der Waals surface area contributed by atoms with E-state index in [1.54, 1.807) is 12.3 Å². The van der Waals surface area contributed by atoms with Crippen LogP contribution >= 0.6 is 0 Å². The molecular formula is C11H9N3O. The molecule has 0 bridgehead atoms. The lowest BCUT2D eigenvalue weighted by Gasteiger charge is -1.97. The van der Waals surface area contributed by atoms with E-state index >= 15 is 0 Å². The van der Waals surface area contributed by atoms with Crippen molar-refractivity contribution < 1.29 is 4.79 Å². The molecule has 0 saturated carbocycles. The van der Waals surface area contributed by atoms with Crippen LogP contribution in [0.3, 0.4) is 0 Å². The fraction of sp³-hybridized carbons (Fsp3) is 0. The van der Waals surface area contributed by atoms with E-state index in [1.165, 1.54) is 12.4 Å². The first kappa shape index (κ1) is 9.33. The van der Waals surface area contributed by atoms with Crippen LogP contribution in [-0.4, -0.2) is 15.9 Å². The molecule has 0 aliphatic rings. The average molecular weight is 199 g/mol. The van der Waals surface area contributed by atoms with Crippen molar-refractivity contribution in [1.82, 2.24) is 9.97 Å². The third kappa shape index (κ3) is 2.17. The highest BCUT2D eigenvalue weighted by Crippen LogP contribution is 2.12. The molecule has 15 heavy (non-hydrogen) atoms. The van der Waals surface area contributed by atoms with Crippen LogP contribution in [0.15, 0.2) is 36.8 Å². The fourth-order valence-electron chi connectivity index (χ4n) is 1.27. The molecule has 1 aromatic heterocycles. The maximum atomic E-state index is 10.5. The molecule has 1 heterocycles. The lowest BCUT2D eigenvalue weighted by atomic mass is 10.1. The van der Waals surface area contributed by atoms with E-state index in [1.807, 2.05) is 18.2 Å². The highest BCUT2D eigenvalue weighted by atomic mass is 16.1. The van der Waals surface area contributed by atoms with Gasteiger partial charge >= 0.3 is 0 Å². The second-order valence-corrected chi connectivity index (χ2v) is 3.08. The smallest absolute Gasteiger partial charge is 0.241 e. The summed E-state index contributed by atoms with van der Waals surface area (Å²) >= 11 is 0. The summed E-state index contributed by atoms with van der Waals surface area (Å²) in [6.07, 6.45) is 6.21. The van der Waals surface area contributed by atoms with Gasteiger partial charge < -0.3 is 5.73 Å². The zero-order chi connectivity index (χ0) is 10.7. The molecule has 0 fully saturated rings. The lowest BCUT2D eigenvalue weighted by molar-refractivity contribution is -0.113. The van der Waals surface area contributed by atoms with Gasteiger partial charge in [-0.3, -0.25) is 4.79 Å². The lowest BCUT2D eigenvalue weighted by Crippen LogP contribution is -2.05. The van der Waals surface area contributed by atoms with Gasteiger partial charge in [-0.05, 0) is 17.7 Å². The van der Waals surface area contributed by atoms with Crippen molar-refractivity contribution in [3.63, 3.8) is 0 Å². The fourth-order valence-corrected chi connectivity index (χ4v) is 1.27. The number of aromatic nitrogens is 2. The number of amides is 1. The van der Waals surface area contributed by atoms with Crippen LogP contribution in [-0.2, 0) is 4.79 Å². The van der Waals surface area contributed by atoms with Crippen LogP contribution < -0.4 is 5.73 Å². The topological polar surface area (TPSA) is 68.9 Å². The van der Waals surface area contributed by atoms with Crippen LogP contribution in [0.25, 0.3) is 17.0 Å². The number of rotatable bonds is 2. The standard InChI is InChI=1S/C11H9N3O/c12-11(15)4-2-8-1-3-9-6-13-7-14-10(9)5-8/h1-7H,(H2,12,15). The third-order valence-corrected chi connectivity index (χ3v) is 1.97. The number of primary amides is 1. The molecule has 0 spiro atoms. The molecular weight excluding hydrogens is 190 g/mol. The van der Waals surface area contributed by atoms with E-state index in [4.69, 9.17) is 5.73 Å². The minimum Gasteiger partial charge on any atom is -0.366 e. The molecule has 0 saturated heterocycles. The van der Waals surface area contributed by atoms with E-state index in [2.05, 4.69) is 9.97 Å². The Morgan fingerprint density at radius 1 is 1.40 bits per heavy atom. The molecule has 0 unspecified atom stereocenters. The van der Waals surface area contributed by atoms with Crippen LogP contribution in [0.1, 0.15) is 5.56 Å². The van der Waals surface area contributed by atoms with Crippen molar-refractivity contribution >= 4 is 22.9 Å². The first-order valence-electron chi connectivity index (χ1n) is 4.43. The van der Waals surface area contributed by atoms with Gasteiger partial charge in [-0.2, -0.15) is 0 Å². The Hall–Kier alpha value is -2.23. The summed E-state index contributed by atoms with van der Waals surface area (Å²) in [5.74, 6) is -0.460. The summed E-state index contributed by atoms with van der Waals surface area (Å²) in [6, 6.07) is 5.65. The zero-order valence-electron chi connectivity index (χ0n) is 7.92. The maximum absolute atomic E-state index is 10.5. The second kappa shape index (κ2) is 3.88. The van der Waals surface area contributed by atoms with E-state index in [9.17, 15) is 4.79 Å². The Morgan fingerprint density at radius 2 is 2.27 bits per heavy atom.